The molecule has 0 bridgehead atoms. The third-order valence-electron chi connectivity index (χ3n) is 4.82. The van der Waals surface area contributed by atoms with Gasteiger partial charge in [-0.05, 0) is 43.0 Å². The monoisotopic (exact) mass is 323 g/mol. The van der Waals surface area contributed by atoms with Crippen molar-refractivity contribution in [1.29, 1.82) is 0 Å². The van der Waals surface area contributed by atoms with Crippen LogP contribution in [-0.4, -0.2) is 50.8 Å². The first-order valence-electron chi connectivity index (χ1n) is 8.09. The number of likely N-dealkylation sites (tertiary alicyclic amines) is 1. The highest BCUT2D eigenvalue weighted by atomic mass is 19.1. The molecule has 1 spiro atoms. The number of rotatable bonds is 3. The molecule has 2 fully saturated rings. The second kappa shape index (κ2) is 6.83. The molecule has 4 nitrogen and oxygen atoms in total. The number of nitrogens with zero attached hydrogens (tertiary/aromatic N) is 2. The summed E-state index contributed by atoms with van der Waals surface area (Å²) in [6.45, 7) is 4.10. The molecule has 1 aromatic carbocycles. The average Bonchev–Trinajstić information content (AvgIpc) is 3.18. The minimum atomic E-state index is -0.409. The van der Waals surface area contributed by atoms with Gasteiger partial charge in [-0.1, -0.05) is 0 Å². The van der Waals surface area contributed by atoms with E-state index in [1.807, 2.05) is 0 Å². The predicted octanol–water partition coefficient (Wildman–Crippen LogP) is 2.20. The van der Waals surface area contributed by atoms with E-state index in [1.165, 1.54) is 12.1 Å². The van der Waals surface area contributed by atoms with Gasteiger partial charge in [-0.25, -0.2) is 8.78 Å². The zero-order chi connectivity index (χ0) is 16.3. The second-order valence-electron chi connectivity index (χ2n) is 6.43. The smallest absolute Gasteiger partial charge is 0.193 e. The van der Waals surface area contributed by atoms with Crippen LogP contribution in [0.15, 0.2) is 23.2 Å². The molecule has 0 saturated carbocycles. The van der Waals surface area contributed by atoms with Crippen molar-refractivity contribution in [1.82, 2.24) is 10.2 Å². The van der Waals surface area contributed by atoms with E-state index in [9.17, 15) is 8.78 Å². The Labute approximate surface area is 135 Å². The molecule has 6 heteroatoms. The molecule has 2 aliphatic heterocycles. The first-order chi connectivity index (χ1) is 11.1. The van der Waals surface area contributed by atoms with Crippen LogP contribution in [0, 0.1) is 17.0 Å². The van der Waals surface area contributed by atoms with Gasteiger partial charge in [-0.15, -0.1) is 0 Å². The van der Waals surface area contributed by atoms with Gasteiger partial charge in [0.25, 0.3) is 0 Å². The van der Waals surface area contributed by atoms with Crippen LogP contribution in [0.4, 0.5) is 8.78 Å². The largest absolute Gasteiger partial charge is 0.381 e. The molecule has 23 heavy (non-hydrogen) atoms. The Morgan fingerprint density at radius 2 is 2.26 bits per heavy atom. The maximum atomic E-state index is 13.6. The average molecular weight is 323 g/mol. The molecule has 2 heterocycles. The number of hydrogen-bond acceptors (Lipinski definition) is 2. The van der Waals surface area contributed by atoms with Gasteiger partial charge in [-0.3, -0.25) is 4.99 Å². The molecule has 1 atom stereocenters. The minimum Gasteiger partial charge on any atom is -0.381 e. The topological polar surface area (TPSA) is 36.9 Å². The number of nitrogens with one attached hydrogen (secondary N) is 1. The maximum Gasteiger partial charge on any atom is 0.193 e. The molecule has 0 aromatic heterocycles. The lowest BCUT2D eigenvalue weighted by Gasteiger charge is -2.25. The van der Waals surface area contributed by atoms with E-state index in [1.54, 1.807) is 7.05 Å². The summed E-state index contributed by atoms with van der Waals surface area (Å²) in [6.07, 6.45) is 2.64. The Bertz CT molecular complexity index is 585. The van der Waals surface area contributed by atoms with Crippen molar-refractivity contribution in [2.75, 3.05) is 39.9 Å². The fourth-order valence-corrected chi connectivity index (χ4v) is 3.46. The predicted molar refractivity (Wildman–Crippen MR) is 85.5 cm³/mol. The number of benzene rings is 1. The molecule has 126 valence electrons. The SMILES string of the molecule is CN=C(NCCc1cc(F)ccc1F)N1CCC2(CCOC2)C1. The first kappa shape index (κ1) is 16.2. The molecule has 2 aliphatic rings. The molecule has 0 amide bonds. The normalized spacial score (nSPS) is 24.7. The van der Waals surface area contributed by atoms with Crippen molar-refractivity contribution in [2.24, 2.45) is 10.4 Å². The van der Waals surface area contributed by atoms with Gasteiger partial charge in [0.1, 0.15) is 11.6 Å². The van der Waals surface area contributed by atoms with Crippen molar-refractivity contribution in [3.8, 4) is 0 Å². The summed E-state index contributed by atoms with van der Waals surface area (Å²) < 4.78 is 32.4. The van der Waals surface area contributed by atoms with Crippen LogP contribution in [0.2, 0.25) is 0 Å². The lowest BCUT2D eigenvalue weighted by Crippen LogP contribution is -2.42. The van der Waals surface area contributed by atoms with Gasteiger partial charge in [0.05, 0.1) is 6.61 Å². The summed E-state index contributed by atoms with van der Waals surface area (Å²) in [4.78, 5) is 6.55. The van der Waals surface area contributed by atoms with E-state index in [-0.39, 0.29) is 11.2 Å². The molecule has 1 unspecified atom stereocenters. The molecule has 2 saturated heterocycles. The van der Waals surface area contributed by atoms with E-state index in [2.05, 4.69) is 15.2 Å². The summed E-state index contributed by atoms with van der Waals surface area (Å²) in [5.41, 5.74) is 0.654. The van der Waals surface area contributed by atoms with E-state index in [0.29, 0.717) is 18.5 Å². The molecule has 1 aromatic rings. The lowest BCUT2D eigenvalue weighted by molar-refractivity contribution is 0.156. The summed E-state index contributed by atoms with van der Waals surface area (Å²) in [5, 5.41) is 3.26. The molecular weight excluding hydrogens is 300 g/mol. The Morgan fingerprint density at radius 3 is 3.00 bits per heavy atom. The van der Waals surface area contributed by atoms with Crippen LogP contribution in [0.25, 0.3) is 0 Å². The summed E-state index contributed by atoms with van der Waals surface area (Å²) in [7, 11) is 1.75. The van der Waals surface area contributed by atoms with Gasteiger partial charge >= 0.3 is 0 Å². The Balaban J connectivity index is 1.53. The molecule has 0 aliphatic carbocycles. The number of guanidine groups is 1. The van der Waals surface area contributed by atoms with Gasteiger partial charge in [0.2, 0.25) is 0 Å². The van der Waals surface area contributed by atoms with Crippen molar-refractivity contribution < 1.29 is 13.5 Å². The minimum absolute atomic E-state index is 0.270. The third-order valence-corrected chi connectivity index (χ3v) is 4.82. The fourth-order valence-electron chi connectivity index (χ4n) is 3.46. The highest BCUT2D eigenvalue weighted by molar-refractivity contribution is 5.80. The summed E-state index contributed by atoms with van der Waals surface area (Å²) >= 11 is 0. The van der Waals surface area contributed by atoms with Crippen LogP contribution in [0.1, 0.15) is 18.4 Å². The van der Waals surface area contributed by atoms with Crippen LogP contribution in [0.5, 0.6) is 0 Å². The van der Waals surface area contributed by atoms with Crippen molar-refractivity contribution in [2.45, 2.75) is 19.3 Å². The number of halogens is 2. The fraction of sp³-hybridized carbons (Fsp3) is 0.588. The van der Waals surface area contributed by atoms with E-state index in [0.717, 1.165) is 51.2 Å². The van der Waals surface area contributed by atoms with Gasteiger partial charge in [0.15, 0.2) is 5.96 Å². The number of hydrogen-bond donors (Lipinski definition) is 1. The summed E-state index contributed by atoms with van der Waals surface area (Å²) in [5.74, 6) is 0.0468. The Kier molecular flexibility index (Phi) is 4.80. The quantitative estimate of drug-likeness (QED) is 0.684. The first-order valence-corrected chi connectivity index (χ1v) is 8.09. The highest BCUT2D eigenvalue weighted by Gasteiger charge is 2.42. The third kappa shape index (κ3) is 3.63. The van der Waals surface area contributed by atoms with Gasteiger partial charge < -0.3 is 15.0 Å². The Hall–Kier alpha value is -1.69. The standard InChI is InChI=1S/C17H23F2N3O/c1-20-16(22-8-5-17(11-22)6-9-23-12-17)21-7-4-13-10-14(18)2-3-15(13)19/h2-3,10H,4-9,11-12H2,1H3,(H,20,21). The van der Waals surface area contributed by atoms with E-state index < -0.39 is 5.82 Å². The maximum absolute atomic E-state index is 13.6. The number of ether oxygens (including phenoxy) is 1. The lowest BCUT2D eigenvalue weighted by atomic mass is 9.87. The van der Waals surface area contributed by atoms with Crippen molar-refractivity contribution >= 4 is 5.96 Å². The van der Waals surface area contributed by atoms with Gasteiger partial charge in [-0.2, -0.15) is 0 Å². The molecular formula is C17H23F2N3O. The second-order valence-corrected chi connectivity index (χ2v) is 6.43. The Morgan fingerprint density at radius 1 is 1.39 bits per heavy atom. The highest BCUT2D eigenvalue weighted by Crippen LogP contribution is 2.38. The van der Waals surface area contributed by atoms with Crippen LogP contribution in [-0.2, 0) is 11.2 Å². The van der Waals surface area contributed by atoms with Crippen LogP contribution < -0.4 is 5.32 Å². The van der Waals surface area contributed by atoms with E-state index in [4.69, 9.17) is 4.74 Å². The van der Waals surface area contributed by atoms with Crippen molar-refractivity contribution in [3.63, 3.8) is 0 Å². The van der Waals surface area contributed by atoms with Crippen molar-refractivity contribution in [3.05, 3.63) is 35.4 Å². The molecule has 0 radical (unpaired) electrons. The zero-order valence-corrected chi connectivity index (χ0v) is 13.4. The van der Waals surface area contributed by atoms with Gasteiger partial charge in [0, 0.05) is 38.7 Å². The summed E-state index contributed by atoms with van der Waals surface area (Å²) in [6, 6.07) is 3.56. The van der Waals surface area contributed by atoms with E-state index >= 15 is 0 Å². The zero-order valence-electron chi connectivity index (χ0n) is 13.4. The van der Waals surface area contributed by atoms with Crippen LogP contribution >= 0.6 is 0 Å². The molecule has 1 N–H and O–H groups in total. The molecule has 3 rings (SSSR count). The number of aliphatic imine (C=N–C) groups is 1. The van der Waals surface area contributed by atoms with Crippen LogP contribution in [0.3, 0.4) is 0 Å².